The van der Waals surface area contributed by atoms with Crippen molar-refractivity contribution in [2.45, 2.75) is 37.9 Å². The van der Waals surface area contributed by atoms with E-state index in [2.05, 4.69) is 27.5 Å². The van der Waals surface area contributed by atoms with E-state index in [0.717, 1.165) is 43.0 Å². The van der Waals surface area contributed by atoms with Crippen LogP contribution >= 0.6 is 0 Å². The van der Waals surface area contributed by atoms with Gasteiger partial charge in [-0.1, -0.05) is 30.3 Å². The zero-order valence-corrected chi connectivity index (χ0v) is 25.5. The molecule has 0 aliphatic carbocycles. The van der Waals surface area contributed by atoms with Crippen molar-refractivity contribution in [2.24, 2.45) is 0 Å². The first-order valence-corrected chi connectivity index (χ1v) is 15.0. The van der Waals surface area contributed by atoms with Crippen molar-refractivity contribution in [2.75, 3.05) is 60.3 Å². The highest BCUT2D eigenvalue weighted by Gasteiger charge is 2.27. The van der Waals surface area contributed by atoms with Gasteiger partial charge in [0.25, 0.3) is 0 Å². The van der Waals surface area contributed by atoms with Crippen LogP contribution in [0.2, 0.25) is 0 Å². The number of hydrogen-bond acceptors (Lipinski definition) is 8. The smallest absolute Gasteiger partial charge is 0.406 e. The van der Waals surface area contributed by atoms with E-state index >= 15 is 0 Å². The van der Waals surface area contributed by atoms with Gasteiger partial charge in [-0.2, -0.15) is 0 Å². The first kappa shape index (κ1) is 33.0. The molecule has 3 aromatic carbocycles. The van der Waals surface area contributed by atoms with Gasteiger partial charge in [-0.25, -0.2) is 9.18 Å². The quantitative estimate of drug-likeness (QED) is 0.200. The van der Waals surface area contributed by atoms with Gasteiger partial charge >= 0.3 is 6.09 Å². The van der Waals surface area contributed by atoms with E-state index in [1.54, 1.807) is 13.2 Å². The minimum absolute atomic E-state index is 0.00329. The third-order valence-corrected chi connectivity index (χ3v) is 7.43. The van der Waals surface area contributed by atoms with E-state index < -0.39 is 6.09 Å². The van der Waals surface area contributed by atoms with E-state index in [4.69, 9.17) is 23.7 Å². The van der Waals surface area contributed by atoms with Gasteiger partial charge in [0.2, 0.25) is 0 Å². The predicted octanol–water partition coefficient (Wildman–Crippen LogP) is 5.26. The van der Waals surface area contributed by atoms with Gasteiger partial charge in [-0.15, -0.1) is 0 Å². The Kier molecular flexibility index (Phi) is 13.6. The standard InChI is InChI=1S/C34H43FN2O7/c1-39-31-7-4-3-6-27(31)24-41-18-5-19-42-29-11-8-25(9-12-29)30-15-16-36-23-33(30)44-21-20-43-32-13-10-28(35)22-26(32)14-17-37-34(38)40-2/h3-4,6-13,22,30,33,36H,5,14-21,23-24H2,1-2H3,(H,37,38)/t30-,33+/m1/s1. The van der Waals surface area contributed by atoms with Gasteiger partial charge in [0.15, 0.2) is 0 Å². The number of ether oxygens (including phenoxy) is 6. The van der Waals surface area contributed by atoms with Crippen LogP contribution < -0.4 is 24.8 Å². The summed E-state index contributed by atoms with van der Waals surface area (Å²) >= 11 is 0. The maximum atomic E-state index is 13.8. The van der Waals surface area contributed by atoms with Crippen LogP contribution in [0, 0.1) is 5.82 Å². The Hall–Kier alpha value is -3.86. The number of methoxy groups -OCH3 is 2. The summed E-state index contributed by atoms with van der Waals surface area (Å²) in [5.41, 5.74) is 2.91. The second-order valence-electron chi connectivity index (χ2n) is 10.4. The number of amides is 1. The molecule has 1 aliphatic rings. The zero-order chi connectivity index (χ0) is 31.0. The Morgan fingerprint density at radius 1 is 0.932 bits per heavy atom. The first-order chi connectivity index (χ1) is 21.6. The van der Waals surface area contributed by atoms with Crippen LogP contribution in [0.15, 0.2) is 66.7 Å². The third kappa shape index (κ3) is 10.4. The molecule has 0 spiro atoms. The van der Waals surface area contributed by atoms with E-state index in [9.17, 15) is 9.18 Å². The highest BCUT2D eigenvalue weighted by molar-refractivity contribution is 5.66. The molecule has 2 N–H and O–H groups in total. The molecule has 1 aliphatic heterocycles. The molecule has 238 valence electrons. The van der Waals surface area contributed by atoms with Crippen molar-refractivity contribution in [3.05, 3.63) is 89.2 Å². The summed E-state index contributed by atoms with van der Waals surface area (Å²) in [6.45, 7) is 4.37. The number of carbonyl (C=O) groups is 1. The normalized spacial score (nSPS) is 16.2. The number of piperidine rings is 1. The summed E-state index contributed by atoms with van der Waals surface area (Å²) in [5.74, 6) is 2.12. The largest absolute Gasteiger partial charge is 0.496 e. The highest BCUT2D eigenvalue weighted by atomic mass is 19.1. The lowest BCUT2D eigenvalue weighted by atomic mass is 9.88. The molecule has 0 aromatic heterocycles. The summed E-state index contributed by atoms with van der Waals surface area (Å²) < 4.78 is 47.7. The molecular weight excluding hydrogens is 567 g/mol. The van der Waals surface area contributed by atoms with Crippen LogP contribution in [-0.2, 0) is 27.2 Å². The molecule has 1 fully saturated rings. The number of carbonyl (C=O) groups excluding carboxylic acids is 1. The lowest BCUT2D eigenvalue weighted by Crippen LogP contribution is -2.41. The fourth-order valence-corrected chi connectivity index (χ4v) is 5.16. The number of nitrogens with one attached hydrogen (secondary N) is 2. The van der Waals surface area contributed by atoms with E-state index in [1.165, 1.54) is 24.8 Å². The maximum absolute atomic E-state index is 13.8. The Balaban J connectivity index is 1.18. The Bertz CT molecular complexity index is 1290. The highest BCUT2D eigenvalue weighted by Crippen LogP contribution is 2.29. The van der Waals surface area contributed by atoms with Gasteiger partial charge in [0.05, 0.1) is 46.8 Å². The topological polar surface area (TPSA) is 96.5 Å². The van der Waals surface area contributed by atoms with Crippen LogP contribution in [0.4, 0.5) is 9.18 Å². The predicted molar refractivity (Wildman–Crippen MR) is 165 cm³/mol. The SMILES string of the molecule is COC(=O)NCCc1cc(F)ccc1OCCO[C@H]1CNCC[C@@H]1c1ccc(OCCCOCc2ccccc2OC)cc1. The van der Waals surface area contributed by atoms with Crippen molar-refractivity contribution in [3.8, 4) is 17.2 Å². The average Bonchev–Trinajstić information content (AvgIpc) is 3.06. The van der Waals surface area contributed by atoms with Crippen molar-refractivity contribution in [1.29, 1.82) is 0 Å². The number of hydrogen-bond donors (Lipinski definition) is 2. The lowest BCUT2D eigenvalue weighted by molar-refractivity contribution is 0.00720. The van der Waals surface area contributed by atoms with Gasteiger partial charge in [0.1, 0.15) is 29.7 Å². The molecule has 3 aromatic rings. The molecule has 0 bridgehead atoms. The molecule has 4 rings (SSSR count). The number of alkyl carbamates (subject to hydrolysis) is 1. The Labute approximate surface area is 258 Å². The van der Waals surface area contributed by atoms with Crippen LogP contribution in [0.5, 0.6) is 17.2 Å². The van der Waals surface area contributed by atoms with Gasteiger partial charge < -0.3 is 39.1 Å². The molecule has 0 saturated carbocycles. The molecule has 0 radical (unpaired) electrons. The van der Waals surface area contributed by atoms with Crippen molar-refractivity contribution < 1.29 is 37.6 Å². The van der Waals surface area contributed by atoms with Crippen LogP contribution in [0.3, 0.4) is 0 Å². The Morgan fingerprint density at radius 3 is 2.59 bits per heavy atom. The van der Waals surface area contributed by atoms with E-state index in [1.807, 2.05) is 36.4 Å². The van der Waals surface area contributed by atoms with Crippen LogP contribution in [0.1, 0.15) is 35.4 Å². The number of para-hydroxylation sites is 1. The lowest BCUT2D eigenvalue weighted by Gasteiger charge is -2.32. The molecular formula is C34H43FN2O7. The first-order valence-electron chi connectivity index (χ1n) is 15.0. The van der Waals surface area contributed by atoms with Crippen molar-refractivity contribution >= 4 is 6.09 Å². The minimum atomic E-state index is -0.530. The fourth-order valence-electron chi connectivity index (χ4n) is 5.16. The van der Waals surface area contributed by atoms with Crippen LogP contribution in [-0.4, -0.2) is 72.5 Å². The fraction of sp³-hybridized carbons (Fsp3) is 0.441. The molecule has 1 heterocycles. The number of halogens is 1. The summed E-state index contributed by atoms with van der Waals surface area (Å²) in [6, 6.07) is 20.5. The summed E-state index contributed by atoms with van der Waals surface area (Å²) in [4.78, 5) is 11.3. The van der Waals surface area contributed by atoms with E-state index in [0.29, 0.717) is 57.3 Å². The zero-order valence-electron chi connectivity index (χ0n) is 25.5. The Morgan fingerprint density at radius 2 is 1.77 bits per heavy atom. The molecule has 10 heteroatoms. The molecule has 0 unspecified atom stereocenters. The summed E-state index contributed by atoms with van der Waals surface area (Å²) in [6.07, 6.45) is 1.63. The molecule has 9 nitrogen and oxygen atoms in total. The summed E-state index contributed by atoms with van der Waals surface area (Å²) in [5, 5.41) is 6.02. The van der Waals surface area contributed by atoms with Crippen molar-refractivity contribution in [1.82, 2.24) is 10.6 Å². The maximum Gasteiger partial charge on any atom is 0.406 e. The van der Waals surface area contributed by atoms with Gasteiger partial charge in [-0.05, 0) is 66.9 Å². The van der Waals surface area contributed by atoms with Crippen LogP contribution in [0.25, 0.3) is 0 Å². The minimum Gasteiger partial charge on any atom is -0.496 e. The summed E-state index contributed by atoms with van der Waals surface area (Å²) in [7, 11) is 2.96. The van der Waals surface area contributed by atoms with Gasteiger partial charge in [0, 0.05) is 31.0 Å². The molecule has 2 atom stereocenters. The number of rotatable bonds is 17. The third-order valence-electron chi connectivity index (χ3n) is 7.43. The monoisotopic (exact) mass is 610 g/mol. The van der Waals surface area contributed by atoms with Crippen molar-refractivity contribution in [3.63, 3.8) is 0 Å². The molecule has 44 heavy (non-hydrogen) atoms. The number of benzene rings is 3. The molecule has 1 amide bonds. The average molecular weight is 611 g/mol. The second-order valence-corrected chi connectivity index (χ2v) is 10.4. The second kappa shape index (κ2) is 18.1. The van der Waals surface area contributed by atoms with Gasteiger partial charge in [-0.3, -0.25) is 0 Å². The van der Waals surface area contributed by atoms with E-state index in [-0.39, 0.29) is 17.8 Å². The molecule has 1 saturated heterocycles.